The minimum Gasteiger partial charge on any atom is -0.300 e. The SMILES string of the molecule is CCn1nc(C)cc1CNC1CC(=O)N(C)C1=O. The molecule has 0 radical (unpaired) electrons. The number of likely N-dealkylation sites (tertiary alicyclic amines) is 1. The van der Waals surface area contributed by atoms with Gasteiger partial charge in [-0.3, -0.25) is 24.5 Å². The van der Waals surface area contributed by atoms with E-state index in [0.717, 1.165) is 17.9 Å². The summed E-state index contributed by atoms with van der Waals surface area (Å²) < 4.78 is 1.90. The Balaban J connectivity index is 2.00. The zero-order chi connectivity index (χ0) is 13.3. The molecule has 1 aromatic rings. The maximum atomic E-state index is 11.7. The molecule has 2 heterocycles. The number of carbonyl (C=O) groups is 2. The highest BCUT2D eigenvalue weighted by molar-refractivity contribution is 6.05. The predicted octanol–water partition coefficient (Wildman–Crippen LogP) is 0.0583. The molecule has 6 heteroatoms. The average Bonchev–Trinajstić information content (AvgIpc) is 2.82. The number of likely N-dealkylation sites (N-methyl/N-ethyl adjacent to an activating group) is 1. The highest BCUT2D eigenvalue weighted by Crippen LogP contribution is 2.12. The van der Waals surface area contributed by atoms with Crippen molar-refractivity contribution in [1.29, 1.82) is 0 Å². The highest BCUT2D eigenvalue weighted by Gasteiger charge is 2.35. The van der Waals surface area contributed by atoms with Crippen LogP contribution in [0.3, 0.4) is 0 Å². The number of nitrogens with one attached hydrogen (secondary N) is 1. The van der Waals surface area contributed by atoms with Gasteiger partial charge in [0, 0.05) is 20.1 Å². The van der Waals surface area contributed by atoms with E-state index >= 15 is 0 Å². The largest absolute Gasteiger partial charge is 0.300 e. The standard InChI is InChI=1S/C12H18N4O2/c1-4-16-9(5-8(2)14-16)7-13-10-6-11(17)15(3)12(10)18/h5,10,13H,4,6-7H2,1-3H3. The number of hydrogen-bond donors (Lipinski definition) is 1. The molecule has 0 spiro atoms. The smallest absolute Gasteiger partial charge is 0.246 e. The van der Waals surface area contributed by atoms with Gasteiger partial charge in [0.2, 0.25) is 11.8 Å². The average molecular weight is 250 g/mol. The normalized spacial score (nSPS) is 19.9. The molecular weight excluding hydrogens is 232 g/mol. The Hall–Kier alpha value is -1.69. The molecule has 1 saturated heterocycles. The minimum absolute atomic E-state index is 0.127. The summed E-state index contributed by atoms with van der Waals surface area (Å²) in [6.07, 6.45) is 0.245. The summed E-state index contributed by atoms with van der Waals surface area (Å²) in [6, 6.07) is 1.59. The zero-order valence-corrected chi connectivity index (χ0v) is 10.9. The molecular formula is C12H18N4O2. The van der Waals surface area contributed by atoms with Crippen LogP contribution in [0, 0.1) is 6.92 Å². The fraction of sp³-hybridized carbons (Fsp3) is 0.583. The summed E-state index contributed by atoms with van der Waals surface area (Å²) in [5, 5.41) is 7.46. The number of rotatable bonds is 4. The molecule has 1 atom stereocenters. The van der Waals surface area contributed by atoms with Gasteiger partial charge in [-0.2, -0.15) is 5.10 Å². The van der Waals surface area contributed by atoms with Crippen molar-refractivity contribution in [3.8, 4) is 0 Å². The van der Waals surface area contributed by atoms with Crippen LogP contribution in [0.25, 0.3) is 0 Å². The summed E-state index contributed by atoms with van der Waals surface area (Å²) >= 11 is 0. The third-order valence-corrected chi connectivity index (χ3v) is 3.20. The van der Waals surface area contributed by atoms with Crippen LogP contribution < -0.4 is 5.32 Å². The lowest BCUT2D eigenvalue weighted by Gasteiger charge is -2.11. The Morgan fingerprint density at radius 3 is 2.78 bits per heavy atom. The monoisotopic (exact) mass is 250 g/mol. The van der Waals surface area contributed by atoms with Gasteiger partial charge in [0.15, 0.2) is 0 Å². The summed E-state index contributed by atoms with van der Waals surface area (Å²) in [6.45, 7) is 5.30. The Bertz CT molecular complexity index is 480. The highest BCUT2D eigenvalue weighted by atomic mass is 16.2. The molecule has 0 aliphatic carbocycles. The van der Waals surface area contributed by atoms with Gasteiger partial charge >= 0.3 is 0 Å². The molecule has 2 amide bonds. The maximum Gasteiger partial charge on any atom is 0.246 e. The first kappa shape index (κ1) is 12.8. The lowest BCUT2D eigenvalue weighted by Crippen LogP contribution is -2.37. The van der Waals surface area contributed by atoms with E-state index in [9.17, 15) is 9.59 Å². The molecule has 1 aromatic heterocycles. The molecule has 2 rings (SSSR count). The number of carbonyl (C=O) groups excluding carboxylic acids is 2. The van der Waals surface area contributed by atoms with E-state index in [-0.39, 0.29) is 18.2 Å². The number of aromatic nitrogens is 2. The molecule has 18 heavy (non-hydrogen) atoms. The van der Waals surface area contributed by atoms with Crippen molar-refractivity contribution >= 4 is 11.8 Å². The molecule has 1 fully saturated rings. The third kappa shape index (κ3) is 2.28. The van der Waals surface area contributed by atoms with E-state index in [1.54, 1.807) is 0 Å². The molecule has 98 valence electrons. The van der Waals surface area contributed by atoms with Gasteiger partial charge in [0.25, 0.3) is 0 Å². The van der Waals surface area contributed by atoms with Crippen LogP contribution in [0.2, 0.25) is 0 Å². The zero-order valence-electron chi connectivity index (χ0n) is 10.9. The van der Waals surface area contributed by atoms with E-state index in [0.29, 0.717) is 6.54 Å². The first-order valence-electron chi connectivity index (χ1n) is 6.10. The predicted molar refractivity (Wildman–Crippen MR) is 65.7 cm³/mol. The maximum absolute atomic E-state index is 11.7. The van der Waals surface area contributed by atoms with Crippen LogP contribution in [0.4, 0.5) is 0 Å². The molecule has 0 bridgehead atoms. The first-order chi connectivity index (χ1) is 8.52. The lowest BCUT2D eigenvalue weighted by atomic mass is 10.2. The van der Waals surface area contributed by atoms with Gasteiger partial charge in [0.1, 0.15) is 0 Å². The van der Waals surface area contributed by atoms with Crippen molar-refractivity contribution in [1.82, 2.24) is 20.0 Å². The minimum atomic E-state index is -0.400. The van der Waals surface area contributed by atoms with E-state index in [1.807, 2.05) is 24.6 Å². The number of amides is 2. The van der Waals surface area contributed by atoms with Crippen LogP contribution in [0.15, 0.2) is 6.07 Å². The first-order valence-corrected chi connectivity index (χ1v) is 6.10. The van der Waals surface area contributed by atoms with Gasteiger partial charge in [-0.25, -0.2) is 0 Å². The van der Waals surface area contributed by atoms with Gasteiger partial charge < -0.3 is 0 Å². The van der Waals surface area contributed by atoms with Crippen LogP contribution in [-0.4, -0.2) is 39.6 Å². The van der Waals surface area contributed by atoms with Gasteiger partial charge in [-0.1, -0.05) is 0 Å². The number of nitrogens with zero attached hydrogens (tertiary/aromatic N) is 3. The fourth-order valence-electron chi connectivity index (χ4n) is 2.16. The van der Waals surface area contributed by atoms with Crippen molar-refractivity contribution in [2.24, 2.45) is 0 Å². The Morgan fingerprint density at radius 2 is 2.22 bits per heavy atom. The second-order valence-corrected chi connectivity index (χ2v) is 4.52. The lowest BCUT2D eigenvalue weighted by molar-refractivity contribution is -0.137. The van der Waals surface area contributed by atoms with Crippen LogP contribution in [0.5, 0.6) is 0 Å². The van der Waals surface area contributed by atoms with E-state index in [2.05, 4.69) is 10.4 Å². The summed E-state index contributed by atoms with van der Waals surface area (Å²) in [4.78, 5) is 24.3. The number of imide groups is 1. The third-order valence-electron chi connectivity index (χ3n) is 3.20. The van der Waals surface area contributed by atoms with Crippen molar-refractivity contribution < 1.29 is 9.59 Å². The quantitative estimate of drug-likeness (QED) is 0.767. The van der Waals surface area contributed by atoms with E-state index in [1.165, 1.54) is 11.9 Å². The Morgan fingerprint density at radius 1 is 1.50 bits per heavy atom. The van der Waals surface area contributed by atoms with Crippen LogP contribution in [-0.2, 0) is 22.7 Å². The second-order valence-electron chi connectivity index (χ2n) is 4.52. The molecule has 1 unspecified atom stereocenters. The summed E-state index contributed by atoms with van der Waals surface area (Å²) in [5.41, 5.74) is 1.99. The summed E-state index contributed by atoms with van der Waals surface area (Å²) in [7, 11) is 1.52. The second kappa shape index (κ2) is 4.89. The molecule has 0 aromatic carbocycles. The topological polar surface area (TPSA) is 67.2 Å². The molecule has 1 aliphatic heterocycles. The van der Waals surface area contributed by atoms with Crippen molar-refractivity contribution in [3.63, 3.8) is 0 Å². The molecule has 1 aliphatic rings. The Labute approximate surface area is 106 Å². The number of aryl methyl sites for hydroxylation is 2. The van der Waals surface area contributed by atoms with Crippen LogP contribution >= 0.6 is 0 Å². The van der Waals surface area contributed by atoms with Crippen molar-refractivity contribution in [3.05, 3.63) is 17.5 Å². The molecule has 0 saturated carbocycles. The van der Waals surface area contributed by atoms with E-state index in [4.69, 9.17) is 0 Å². The fourth-order valence-corrected chi connectivity index (χ4v) is 2.16. The molecule has 1 N–H and O–H groups in total. The Kier molecular flexibility index (Phi) is 3.47. The van der Waals surface area contributed by atoms with Gasteiger partial charge in [-0.15, -0.1) is 0 Å². The van der Waals surface area contributed by atoms with Gasteiger partial charge in [-0.05, 0) is 19.9 Å². The number of hydrogen-bond acceptors (Lipinski definition) is 4. The molecule has 6 nitrogen and oxygen atoms in total. The summed E-state index contributed by atoms with van der Waals surface area (Å²) in [5.74, 6) is -0.281. The van der Waals surface area contributed by atoms with Gasteiger partial charge in [0.05, 0.1) is 23.9 Å². The van der Waals surface area contributed by atoms with Crippen LogP contribution in [0.1, 0.15) is 24.7 Å². The van der Waals surface area contributed by atoms with Crippen molar-refractivity contribution in [2.45, 2.75) is 39.4 Å². The van der Waals surface area contributed by atoms with Crippen molar-refractivity contribution in [2.75, 3.05) is 7.05 Å². The van der Waals surface area contributed by atoms with E-state index < -0.39 is 6.04 Å².